The van der Waals surface area contributed by atoms with E-state index in [4.69, 9.17) is 11.2 Å². The Morgan fingerprint density at radius 3 is 2.73 bits per heavy atom. The molecule has 0 amide bonds. The number of hydrogen-bond acceptors (Lipinski definition) is 1. The van der Waals surface area contributed by atoms with Gasteiger partial charge in [-0.05, 0) is 28.1 Å². The molecule has 56 valence electrons. The summed E-state index contributed by atoms with van der Waals surface area (Å²) in [6.45, 7) is 0. The minimum atomic E-state index is 0.718. The van der Waals surface area contributed by atoms with Gasteiger partial charge in [0.05, 0.1) is 17.1 Å². The number of ether oxygens (including phenoxy) is 1. The van der Waals surface area contributed by atoms with E-state index in [0.717, 1.165) is 15.8 Å². The average molecular weight is 211 g/mol. The quantitative estimate of drug-likeness (QED) is 0.648. The van der Waals surface area contributed by atoms with E-state index in [0.29, 0.717) is 0 Å². The number of halogens is 1. The van der Waals surface area contributed by atoms with Gasteiger partial charge in [-0.25, -0.2) is 0 Å². The lowest BCUT2D eigenvalue weighted by atomic mass is 10.2. The minimum Gasteiger partial charge on any atom is -0.494 e. The van der Waals surface area contributed by atoms with Gasteiger partial charge < -0.3 is 4.74 Å². The van der Waals surface area contributed by atoms with Gasteiger partial charge in [-0.15, -0.1) is 6.42 Å². The van der Waals surface area contributed by atoms with E-state index >= 15 is 0 Å². The number of benzene rings is 1. The third-order valence-electron chi connectivity index (χ3n) is 1.33. The fraction of sp³-hybridized carbons (Fsp3) is 0.111. The first kappa shape index (κ1) is 8.16. The van der Waals surface area contributed by atoms with E-state index in [1.165, 1.54) is 0 Å². The summed E-state index contributed by atoms with van der Waals surface area (Å²) in [7, 11) is 1.60. The molecule has 0 aliphatic heterocycles. The zero-order valence-electron chi connectivity index (χ0n) is 6.10. The first-order valence-electron chi connectivity index (χ1n) is 3.08. The lowest BCUT2D eigenvalue weighted by molar-refractivity contribution is 0.411. The van der Waals surface area contributed by atoms with Crippen LogP contribution >= 0.6 is 15.9 Å². The Morgan fingerprint density at radius 1 is 1.55 bits per heavy atom. The van der Waals surface area contributed by atoms with Crippen LogP contribution in [0.1, 0.15) is 5.56 Å². The Bertz CT molecular complexity index is 299. The molecule has 0 fully saturated rings. The maximum Gasteiger partial charge on any atom is 0.148 e. The molecule has 1 nitrogen and oxygen atoms in total. The van der Waals surface area contributed by atoms with Gasteiger partial charge in [0.25, 0.3) is 0 Å². The number of methoxy groups -OCH3 is 1. The van der Waals surface area contributed by atoms with E-state index in [-0.39, 0.29) is 0 Å². The van der Waals surface area contributed by atoms with Crippen LogP contribution in [0.25, 0.3) is 0 Å². The molecule has 0 atom stereocenters. The fourth-order valence-electron chi connectivity index (χ4n) is 0.830. The highest BCUT2D eigenvalue weighted by atomic mass is 79.9. The van der Waals surface area contributed by atoms with Crippen LogP contribution < -0.4 is 4.74 Å². The van der Waals surface area contributed by atoms with E-state index in [2.05, 4.69) is 21.9 Å². The predicted octanol–water partition coefficient (Wildman–Crippen LogP) is 2.44. The molecule has 0 saturated carbocycles. The van der Waals surface area contributed by atoms with Crippen molar-refractivity contribution in [3.63, 3.8) is 0 Å². The second-order valence-electron chi connectivity index (χ2n) is 1.96. The maximum absolute atomic E-state index is 5.24. The molecule has 1 aromatic rings. The van der Waals surface area contributed by atoms with Crippen LogP contribution in [0.2, 0.25) is 0 Å². The summed E-state index contributed by atoms with van der Waals surface area (Å²) in [6.07, 6.45) is 5.24. The van der Waals surface area contributed by atoms with E-state index in [1.807, 2.05) is 18.2 Å². The van der Waals surface area contributed by atoms with Crippen molar-refractivity contribution < 1.29 is 4.74 Å². The van der Waals surface area contributed by atoms with Crippen LogP contribution in [0.3, 0.4) is 0 Å². The first-order valence-corrected chi connectivity index (χ1v) is 3.88. The van der Waals surface area contributed by atoms with Crippen LogP contribution in [-0.2, 0) is 0 Å². The summed E-state index contributed by atoms with van der Waals surface area (Å²) >= 11 is 3.33. The standard InChI is InChI=1S/C9H7BrO/c1-3-7-5-4-6-8(10)9(7)11-2/h1,4-6H,2H3. The van der Waals surface area contributed by atoms with Crippen LogP contribution in [0, 0.1) is 12.3 Å². The van der Waals surface area contributed by atoms with Crippen LogP contribution in [0.5, 0.6) is 5.75 Å². The van der Waals surface area contributed by atoms with Crippen molar-refractivity contribution in [2.24, 2.45) is 0 Å². The van der Waals surface area contributed by atoms with Crippen molar-refractivity contribution in [1.82, 2.24) is 0 Å². The first-order chi connectivity index (χ1) is 5.29. The number of hydrogen-bond donors (Lipinski definition) is 0. The van der Waals surface area contributed by atoms with Crippen LogP contribution in [0.15, 0.2) is 22.7 Å². The molecule has 0 radical (unpaired) electrons. The Balaban J connectivity index is 3.27. The molecule has 0 unspecified atom stereocenters. The zero-order valence-corrected chi connectivity index (χ0v) is 7.68. The molecular weight excluding hydrogens is 204 g/mol. The summed E-state index contributed by atoms with van der Waals surface area (Å²) in [4.78, 5) is 0. The van der Waals surface area contributed by atoms with Crippen molar-refractivity contribution in [3.05, 3.63) is 28.2 Å². The third-order valence-corrected chi connectivity index (χ3v) is 1.95. The van der Waals surface area contributed by atoms with Gasteiger partial charge in [-0.2, -0.15) is 0 Å². The summed E-state index contributed by atoms with van der Waals surface area (Å²) in [6, 6.07) is 5.60. The minimum absolute atomic E-state index is 0.718. The second-order valence-corrected chi connectivity index (χ2v) is 2.82. The number of para-hydroxylation sites is 1. The summed E-state index contributed by atoms with van der Waals surface area (Å²) in [5.74, 6) is 3.25. The largest absolute Gasteiger partial charge is 0.494 e. The summed E-state index contributed by atoms with van der Waals surface area (Å²) in [5.41, 5.74) is 0.766. The topological polar surface area (TPSA) is 9.23 Å². The highest BCUT2D eigenvalue weighted by Crippen LogP contribution is 2.27. The van der Waals surface area contributed by atoms with E-state index in [1.54, 1.807) is 7.11 Å². The van der Waals surface area contributed by atoms with Crippen molar-refractivity contribution in [2.45, 2.75) is 0 Å². The molecule has 2 heteroatoms. The Morgan fingerprint density at radius 2 is 2.27 bits per heavy atom. The van der Waals surface area contributed by atoms with Gasteiger partial charge in [0, 0.05) is 0 Å². The Hall–Kier alpha value is -0.940. The van der Waals surface area contributed by atoms with Gasteiger partial charge in [-0.1, -0.05) is 12.0 Å². The maximum atomic E-state index is 5.24. The summed E-state index contributed by atoms with van der Waals surface area (Å²) in [5, 5.41) is 0. The molecular formula is C9H7BrO. The van der Waals surface area contributed by atoms with Crippen molar-refractivity contribution in [3.8, 4) is 18.1 Å². The molecule has 1 aromatic carbocycles. The number of terminal acetylenes is 1. The van der Waals surface area contributed by atoms with E-state index < -0.39 is 0 Å². The molecule has 11 heavy (non-hydrogen) atoms. The van der Waals surface area contributed by atoms with Crippen molar-refractivity contribution in [2.75, 3.05) is 7.11 Å². The third kappa shape index (κ3) is 1.55. The molecule has 0 aliphatic carbocycles. The van der Waals surface area contributed by atoms with Gasteiger partial charge >= 0.3 is 0 Å². The van der Waals surface area contributed by atoms with Gasteiger partial charge in [0.15, 0.2) is 0 Å². The Labute approximate surface area is 74.5 Å². The predicted molar refractivity (Wildman–Crippen MR) is 48.6 cm³/mol. The highest BCUT2D eigenvalue weighted by Gasteiger charge is 2.02. The normalized spacial score (nSPS) is 8.82. The second kappa shape index (κ2) is 3.45. The lowest BCUT2D eigenvalue weighted by Gasteiger charge is -2.04. The van der Waals surface area contributed by atoms with Gasteiger partial charge in [0.2, 0.25) is 0 Å². The van der Waals surface area contributed by atoms with E-state index in [9.17, 15) is 0 Å². The van der Waals surface area contributed by atoms with Crippen molar-refractivity contribution in [1.29, 1.82) is 0 Å². The molecule has 0 saturated heterocycles. The number of rotatable bonds is 1. The van der Waals surface area contributed by atoms with Crippen molar-refractivity contribution >= 4 is 15.9 Å². The molecule has 0 bridgehead atoms. The van der Waals surface area contributed by atoms with Gasteiger partial charge in [-0.3, -0.25) is 0 Å². The molecule has 0 spiro atoms. The molecule has 1 rings (SSSR count). The smallest absolute Gasteiger partial charge is 0.148 e. The SMILES string of the molecule is C#Cc1cccc(Br)c1OC. The average Bonchev–Trinajstić information content (AvgIpc) is 2.04. The molecule has 0 heterocycles. The molecule has 0 N–H and O–H groups in total. The lowest BCUT2D eigenvalue weighted by Crippen LogP contribution is -1.87. The monoisotopic (exact) mass is 210 g/mol. The van der Waals surface area contributed by atoms with Gasteiger partial charge in [0.1, 0.15) is 5.75 Å². The molecule has 0 aromatic heterocycles. The molecule has 0 aliphatic rings. The summed E-state index contributed by atoms with van der Waals surface area (Å²) < 4.78 is 5.96. The Kier molecular flexibility index (Phi) is 2.56. The highest BCUT2D eigenvalue weighted by molar-refractivity contribution is 9.10. The van der Waals surface area contributed by atoms with Crippen LogP contribution in [0.4, 0.5) is 0 Å². The zero-order chi connectivity index (χ0) is 8.27. The fourth-order valence-corrected chi connectivity index (χ4v) is 1.36. The van der Waals surface area contributed by atoms with Crippen LogP contribution in [-0.4, -0.2) is 7.11 Å².